The number of rotatable bonds is 6. The maximum Gasteiger partial charge on any atom is 0.306 e. The van der Waals surface area contributed by atoms with E-state index in [-0.39, 0.29) is 23.3 Å². The van der Waals surface area contributed by atoms with Crippen LogP contribution >= 0.6 is 11.3 Å². The molecule has 5 nitrogen and oxygen atoms in total. The van der Waals surface area contributed by atoms with Gasteiger partial charge in [-0.15, -0.1) is 11.3 Å². The molecule has 0 radical (unpaired) electrons. The van der Waals surface area contributed by atoms with E-state index >= 15 is 0 Å². The number of aliphatic carboxylic acids is 1. The molecule has 1 aromatic carbocycles. The van der Waals surface area contributed by atoms with Gasteiger partial charge in [-0.05, 0) is 79.7 Å². The van der Waals surface area contributed by atoms with Gasteiger partial charge < -0.3 is 10.4 Å². The van der Waals surface area contributed by atoms with Gasteiger partial charge in [0.05, 0.1) is 11.5 Å². The molecule has 0 aliphatic heterocycles. The number of hydrogen-bond donors (Lipinski definition) is 2. The number of pyridine rings is 1. The Kier molecular flexibility index (Phi) is 5.57. The number of carboxylic acid groups (broad SMARTS) is 1. The highest BCUT2D eigenvalue weighted by Crippen LogP contribution is 2.58. The van der Waals surface area contributed by atoms with Gasteiger partial charge in [-0.2, -0.15) is 0 Å². The SMILES string of the molecule is Cc1sc(C)c(C(=O)NC2CC3(C2)CC(C(=O)O)C3)c1Cc1ccc(-c2cccnc2)cc1. The van der Waals surface area contributed by atoms with Gasteiger partial charge in [0, 0.05) is 28.2 Å². The standard InChI is InChI=1S/C27H28N2O3S/c1-16-23(10-18-5-7-19(8-6-18)20-4-3-9-28-15-20)24(17(2)33-16)25(30)29-22-13-27(14-22)11-21(12-27)26(31)32/h3-9,15,21-22H,10-14H2,1-2H3,(H,29,30)(H,31,32). The highest BCUT2D eigenvalue weighted by molar-refractivity contribution is 7.12. The average molecular weight is 461 g/mol. The minimum Gasteiger partial charge on any atom is -0.481 e. The first-order valence-corrected chi connectivity index (χ1v) is 12.3. The summed E-state index contributed by atoms with van der Waals surface area (Å²) in [5, 5.41) is 12.4. The molecule has 1 spiro atoms. The van der Waals surface area contributed by atoms with Gasteiger partial charge in [0.25, 0.3) is 5.91 Å². The van der Waals surface area contributed by atoms with Gasteiger partial charge in [0.2, 0.25) is 0 Å². The molecule has 6 heteroatoms. The van der Waals surface area contributed by atoms with Crippen LogP contribution in [0.5, 0.6) is 0 Å². The maximum atomic E-state index is 13.2. The Bertz CT molecular complexity index is 1190. The molecule has 2 N–H and O–H groups in total. The quantitative estimate of drug-likeness (QED) is 0.517. The van der Waals surface area contributed by atoms with Crippen LogP contribution in [0, 0.1) is 25.2 Å². The van der Waals surface area contributed by atoms with Crippen molar-refractivity contribution in [2.45, 2.75) is 52.0 Å². The topological polar surface area (TPSA) is 79.3 Å². The minimum atomic E-state index is -0.685. The minimum absolute atomic E-state index is 0.00721. The zero-order valence-electron chi connectivity index (χ0n) is 18.9. The lowest BCUT2D eigenvalue weighted by molar-refractivity contribution is -0.155. The third-order valence-electron chi connectivity index (χ3n) is 7.34. The molecule has 2 aliphatic carbocycles. The van der Waals surface area contributed by atoms with Crippen LogP contribution in [0.15, 0.2) is 48.8 Å². The van der Waals surface area contributed by atoms with Crippen molar-refractivity contribution < 1.29 is 14.7 Å². The first-order valence-electron chi connectivity index (χ1n) is 11.5. The summed E-state index contributed by atoms with van der Waals surface area (Å²) in [6.45, 7) is 4.11. The summed E-state index contributed by atoms with van der Waals surface area (Å²) in [5.41, 5.74) is 5.46. The van der Waals surface area contributed by atoms with Crippen LogP contribution in [0.3, 0.4) is 0 Å². The number of hydrogen-bond acceptors (Lipinski definition) is 4. The van der Waals surface area contributed by atoms with Gasteiger partial charge in [0.15, 0.2) is 0 Å². The van der Waals surface area contributed by atoms with E-state index < -0.39 is 5.97 Å². The number of benzene rings is 1. The highest BCUT2D eigenvalue weighted by Gasteiger charge is 2.55. The van der Waals surface area contributed by atoms with Crippen LogP contribution in [0.25, 0.3) is 11.1 Å². The summed E-state index contributed by atoms with van der Waals surface area (Å²) in [6.07, 6.45) is 7.66. The monoisotopic (exact) mass is 460 g/mol. The zero-order chi connectivity index (χ0) is 23.2. The molecule has 0 atom stereocenters. The van der Waals surface area contributed by atoms with E-state index in [9.17, 15) is 9.59 Å². The second-order valence-electron chi connectivity index (χ2n) is 9.71. The van der Waals surface area contributed by atoms with Crippen molar-refractivity contribution in [2.75, 3.05) is 0 Å². The Morgan fingerprint density at radius 3 is 2.42 bits per heavy atom. The Morgan fingerprint density at radius 1 is 1.06 bits per heavy atom. The number of aromatic nitrogens is 1. The molecule has 2 fully saturated rings. The van der Waals surface area contributed by atoms with E-state index in [1.165, 1.54) is 10.4 Å². The molecule has 33 heavy (non-hydrogen) atoms. The molecule has 2 heterocycles. The van der Waals surface area contributed by atoms with Crippen LogP contribution in [-0.2, 0) is 11.2 Å². The molecule has 2 saturated carbocycles. The second-order valence-corrected chi connectivity index (χ2v) is 11.1. The molecule has 2 aliphatic rings. The Balaban J connectivity index is 1.26. The maximum absolute atomic E-state index is 13.2. The largest absolute Gasteiger partial charge is 0.481 e. The number of nitrogens with zero attached hydrogens (tertiary/aromatic N) is 1. The van der Waals surface area contributed by atoms with Crippen LogP contribution < -0.4 is 5.32 Å². The van der Waals surface area contributed by atoms with Crippen LogP contribution in [-0.4, -0.2) is 28.0 Å². The van der Waals surface area contributed by atoms with Crippen LogP contribution in [0.1, 0.15) is 56.9 Å². The van der Waals surface area contributed by atoms with Crippen molar-refractivity contribution in [2.24, 2.45) is 11.3 Å². The summed E-state index contributed by atoms with van der Waals surface area (Å²) >= 11 is 1.68. The summed E-state index contributed by atoms with van der Waals surface area (Å²) in [7, 11) is 0. The first kappa shape index (κ1) is 21.8. The van der Waals surface area contributed by atoms with Crippen LogP contribution in [0.4, 0.5) is 0 Å². The molecule has 5 rings (SSSR count). The number of carbonyl (C=O) groups is 2. The summed E-state index contributed by atoms with van der Waals surface area (Å²) in [4.78, 5) is 30.7. The van der Waals surface area contributed by atoms with Crippen molar-refractivity contribution in [3.8, 4) is 11.1 Å². The fourth-order valence-electron chi connectivity index (χ4n) is 5.63. The number of carbonyl (C=O) groups excluding carboxylic acids is 1. The highest BCUT2D eigenvalue weighted by atomic mass is 32.1. The van der Waals surface area contributed by atoms with E-state index in [1.807, 2.05) is 25.3 Å². The Labute approximate surface area is 197 Å². The normalized spacial score (nSPS) is 23.6. The molecule has 0 unspecified atom stereocenters. The number of carboxylic acids is 1. The predicted molar refractivity (Wildman–Crippen MR) is 130 cm³/mol. The summed E-state index contributed by atoms with van der Waals surface area (Å²) < 4.78 is 0. The van der Waals surface area contributed by atoms with E-state index in [2.05, 4.69) is 41.5 Å². The van der Waals surface area contributed by atoms with Gasteiger partial charge in [-0.3, -0.25) is 14.6 Å². The van der Waals surface area contributed by atoms with E-state index in [0.29, 0.717) is 0 Å². The smallest absolute Gasteiger partial charge is 0.306 e. The number of thiophene rings is 1. The van der Waals surface area contributed by atoms with Gasteiger partial charge in [-0.25, -0.2) is 0 Å². The van der Waals surface area contributed by atoms with Gasteiger partial charge >= 0.3 is 5.97 Å². The fourth-order valence-corrected chi connectivity index (χ4v) is 6.71. The van der Waals surface area contributed by atoms with Crippen molar-refractivity contribution in [3.05, 3.63) is 75.2 Å². The average Bonchev–Trinajstić information content (AvgIpc) is 3.02. The Morgan fingerprint density at radius 2 is 1.79 bits per heavy atom. The lowest BCUT2D eigenvalue weighted by atomic mass is 9.50. The van der Waals surface area contributed by atoms with E-state index in [4.69, 9.17) is 5.11 Å². The van der Waals surface area contributed by atoms with Crippen molar-refractivity contribution in [1.82, 2.24) is 10.3 Å². The lowest BCUT2D eigenvalue weighted by Gasteiger charge is -2.56. The van der Waals surface area contributed by atoms with Crippen molar-refractivity contribution >= 4 is 23.2 Å². The van der Waals surface area contributed by atoms with Crippen molar-refractivity contribution in [1.29, 1.82) is 0 Å². The number of aryl methyl sites for hydroxylation is 2. The predicted octanol–water partition coefficient (Wildman–Crippen LogP) is 5.39. The summed E-state index contributed by atoms with van der Waals surface area (Å²) in [6, 6.07) is 12.6. The fraction of sp³-hybridized carbons (Fsp3) is 0.370. The molecular weight excluding hydrogens is 432 g/mol. The van der Waals surface area contributed by atoms with E-state index in [1.54, 1.807) is 17.5 Å². The zero-order valence-corrected chi connectivity index (χ0v) is 19.7. The second kappa shape index (κ2) is 8.41. The molecular formula is C27H28N2O3S. The Hall–Kier alpha value is -2.99. The number of nitrogens with one attached hydrogen (secondary N) is 1. The molecule has 2 aromatic heterocycles. The molecule has 3 aromatic rings. The molecule has 170 valence electrons. The third-order valence-corrected chi connectivity index (χ3v) is 8.41. The third kappa shape index (κ3) is 4.20. The van der Waals surface area contributed by atoms with E-state index in [0.717, 1.165) is 59.2 Å². The van der Waals surface area contributed by atoms with Gasteiger partial charge in [0.1, 0.15) is 0 Å². The first-order chi connectivity index (χ1) is 15.8. The molecule has 0 bridgehead atoms. The van der Waals surface area contributed by atoms with Gasteiger partial charge in [-0.1, -0.05) is 30.3 Å². The summed E-state index contributed by atoms with van der Waals surface area (Å²) in [5.74, 6) is -0.872. The molecule has 0 saturated heterocycles. The van der Waals surface area contributed by atoms with Crippen molar-refractivity contribution in [3.63, 3.8) is 0 Å². The van der Waals surface area contributed by atoms with Crippen LogP contribution in [0.2, 0.25) is 0 Å². The molecule has 1 amide bonds. The lowest BCUT2D eigenvalue weighted by Crippen LogP contribution is -2.57. The number of amides is 1.